The van der Waals surface area contributed by atoms with Crippen molar-refractivity contribution in [3.05, 3.63) is 48.6 Å². The SMILES string of the molecule is C=CCN1CCC(C(=O)OCC)(c2ccccc2)CC1. The van der Waals surface area contributed by atoms with Crippen LogP contribution in [0.2, 0.25) is 0 Å². The van der Waals surface area contributed by atoms with Gasteiger partial charge < -0.3 is 4.74 Å². The molecule has 1 aliphatic rings. The monoisotopic (exact) mass is 273 g/mol. The minimum Gasteiger partial charge on any atom is -0.465 e. The molecule has 1 heterocycles. The van der Waals surface area contributed by atoms with Crippen molar-refractivity contribution in [2.45, 2.75) is 25.2 Å². The topological polar surface area (TPSA) is 29.5 Å². The molecule has 2 rings (SSSR count). The highest BCUT2D eigenvalue weighted by Crippen LogP contribution is 2.36. The van der Waals surface area contributed by atoms with Gasteiger partial charge in [0.1, 0.15) is 0 Å². The van der Waals surface area contributed by atoms with Crippen molar-refractivity contribution in [1.82, 2.24) is 4.90 Å². The predicted octanol–water partition coefficient (Wildman–Crippen LogP) is 2.77. The lowest BCUT2D eigenvalue weighted by molar-refractivity contribution is -0.152. The van der Waals surface area contributed by atoms with Crippen LogP contribution in [0.25, 0.3) is 0 Å². The maximum Gasteiger partial charge on any atom is 0.316 e. The van der Waals surface area contributed by atoms with Crippen LogP contribution in [0.3, 0.4) is 0 Å². The number of carbonyl (C=O) groups excluding carboxylic acids is 1. The van der Waals surface area contributed by atoms with Crippen LogP contribution in [-0.2, 0) is 14.9 Å². The molecule has 0 radical (unpaired) electrons. The van der Waals surface area contributed by atoms with Gasteiger partial charge in [-0.3, -0.25) is 9.69 Å². The first kappa shape index (κ1) is 14.8. The largest absolute Gasteiger partial charge is 0.465 e. The van der Waals surface area contributed by atoms with Crippen LogP contribution in [0.4, 0.5) is 0 Å². The summed E-state index contributed by atoms with van der Waals surface area (Å²) in [6, 6.07) is 10.0. The fraction of sp³-hybridized carbons (Fsp3) is 0.471. The second-order valence-electron chi connectivity index (χ2n) is 5.26. The molecule has 1 saturated heterocycles. The van der Waals surface area contributed by atoms with Gasteiger partial charge in [0.25, 0.3) is 0 Å². The van der Waals surface area contributed by atoms with E-state index in [0.29, 0.717) is 6.61 Å². The van der Waals surface area contributed by atoms with Crippen LogP contribution in [-0.4, -0.2) is 37.1 Å². The van der Waals surface area contributed by atoms with Crippen LogP contribution >= 0.6 is 0 Å². The Kier molecular flexibility index (Phi) is 4.96. The molecule has 1 fully saturated rings. The number of carbonyl (C=O) groups is 1. The number of nitrogens with zero attached hydrogens (tertiary/aromatic N) is 1. The average Bonchev–Trinajstić information content (AvgIpc) is 2.49. The van der Waals surface area contributed by atoms with Crippen molar-refractivity contribution < 1.29 is 9.53 Å². The van der Waals surface area contributed by atoms with E-state index in [0.717, 1.165) is 38.0 Å². The molecule has 3 nitrogen and oxygen atoms in total. The van der Waals surface area contributed by atoms with Crippen LogP contribution in [0.5, 0.6) is 0 Å². The van der Waals surface area contributed by atoms with Crippen LogP contribution in [0.1, 0.15) is 25.3 Å². The summed E-state index contributed by atoms with van der Waals surface area (Å²) in [6.45, 7) is 8.77. The molecule has 3 heteroatoms. The number of hydrogen-bond acceptors (Lipinski definition) is 3. The Labute approximate surface area is 121 Å². The van der Waals surface area contributed by atoms with E-state index < -0.39 is 5.41 Å². The zero-order valence-corrected chi connectivity index (χ0v) is 12.2. The Morgan fingerprint density at radius 3 is 2.55 bits per heavy atom. The lowest BCUT2D eigenvalue weighted by atomic mass is 9.72. The van der Waals surface area contributed by atoms with E-state index >= 15 is 0 Å². The van der Waals surface area contributed by atoms with Gasteiger partial charge in [0, 0.05) is 6.54 Å². The van der Waals surface area contributed by atoms with Gasteiger partial charge in [0.15, 0.2) is 0 Å². The Bertz CT molecular complexity index is 447. The number of rotatable bonds is 5. The first-order chi connectivity index (χ1) is 9.73. The third-order valence-electron chi connectivity index (χ3n) is 4.09. The molecule has 20 heavy (non-hydrogen) atoms. The number of piperidine rings is 1. The number of likely N-dealkylation sites (tertiary alicyclic amines) is 1. The molecule has 0 atom stereocenters. The number of hydrogen-bond donors (Lipinski definition) is 0. The van der Waals surface area contributed by atoms with E-state index in [1.807, 2.05) is 43.3 Å². The minimum absolute atomic E-state index is 0.0792. The van der Waals surface area contributed by atoms with E-state index in [1.54, 1.807) is 0 Å². The summed E-state index contributed by atoms with van der Waals surface area (Å²) in [5.74, 6) is -0.0792. The number of benzene rings is 1. The smallest absolute Gasteiger partial charge is 0.316 e. The van der Waals surface area contributed by atoms with Gasteiger partial charge in [-0.15, -0.1) is 6.58 Å². The Morgan fingerprint density at radius 1 is 1.35 bits per heavy atom. The molecule has 0 aliphatic carbocycles. The Balaban J connectivity index is 2.23. The summed E-state index contributed by atoms with van der Waals surface area (Å²) in [4.78, 5) is 14.9. The summed E-state index contributed by atoms with van der Waals surface area (Å²) in [5.41, 5.74) is 0.603. The van der Waals surface area contributed by atoms with Crippen LogP contribution in [0, 0.1) is 0 Å². The van der Waals surface area contributed by atoms with Crippen molar-refractivity contribution in [3.63, 3.8) is 0 Å². The fourth-order valence-electron chi connectivity index (χ4n) is 2.94. The maximum absolute atomic E-state index is 12.5. The van der Waals surface area contributed by atoms with E-state index in [1.165, 1.54) is 0 Å². The summed E-state index contributed by atoms with van der Waals surface area (Å²) in [7, 11) is 0. The molecular formula is C17H23NO2. The lowest BCUT2D eigenvalue weighted by Crippen LogP contribution is -2.48. The maximum atomic E-state index is 12.5. The fourth-order valence-corrected chi connectivity index (χ4v) is 2.94. The summed E-state index contributed by atoms with van der Waals surface area (Å²) in [6.07, 6.45) is 3.53. The highest BCUT2D eigenvalue weighted by molar-refractivity contribution is 5.83. The van der Waals surface area contributed by atoms with E-state index in [2.05, 4.69) is 11.5 Å². The quantitative estimate of drug-likeness (QED) is 0.610. The van der Waals surface area contributed by atoms with Crippen molar-refractivity contribution in [2.24, 2.45) is 0 Å². The van der Waals surface area contributed by atoms with Gasteiger partial charge in [-0.2, -0.15) is 0 Å². The molecule has 0 spiro atoms. The van der Waals surface area contributed by atoms with Gasteiger partial charge >= 0.3 is 5.97 Å². The Morgan fingerprint density at radius 2 is 2.00 bits per heavy atom. The molecular weight excluding hydrogens is 250 g/mol. The van der Waals surface area contributed by atoms with Crippen LogP contribution in [0.15, 0.2) is 43.0 Å². The van der Waals surface area contributed by atoms with Gasteiger partial charge in [0.2, 0.25) is 0 Å². The van der Waals surface area contributed by atoms with E-state index in [4.69, 9.17) is 4.74 Å². The molecule has 0 aromatic heterocycles. The minimum atomic E-state index is -0.477. The standard InChI is InChI=1S/C17H23NO2/c1-3-12-18-13-10-17(11-14-18,16(19)20-4-2)15-8-6-5-7-9-15/h3,5-9H,1,4,10-14H2,2H3. The molecule has 0 N–H and O–H groups in total. The molecule has 108 valence electrons. The first-order valence-electron chi connectivity index (χ1n) is 7.29. The second-order valence-corrected chi connectivity index (χ2v) is 5.26. The second kappa shape index (κ2) is 6.71. The molecule has 0 amide bonds. The third-order valence-corrected chi connectivity index (χ3v) is 4.09. The van der Waals surface area contributed by atoms with Crippen molar-refractivity contribution >= 4 is 5.97 Å². The zero-order valence-electron chi connectivity index (χ0n) is 12.2. The van der Waals surface area contributed by atoms with Crippen molar-refractivity contribution in [1.29, 1.82) is 0 Å². The summed E-state index contributed by atoms with van der Waals surface area (Å²) in [5, 5.41) is 0. The normalized spacial score (nSPS) is 18.4. The third kappa shape index (κ3) is 2.93. The van der Waals surface area contributed by atoms with Gasteiger partial charge in [-0.25, -0.2) is 0 Å². The van der Waals surface area contributed by atoms with Gasteiger partial charge in [-0.05, 0) is 38.4 Å². The highest BCUT2D eigenvalue weighted by Gasteiger charge is 2.43. The molecule has 1 aliphatic heterocycles. The van der Waals surface area contributed by atoms with Gasteiger partial charge in [0.05, 0.1) is 12.0 Å². The molecule has 0 unspecified atom stereocenters. The molecule has 0 saturated carbocycles. The molecule has 1 aromatic rings. The van der Waals surface area contributed by atoms with Crippen LogP contribution < -0.4 is 0 Å². The summed E-state index contributed by atoms with van der Waals surface area (Å²) >= 11 is 0. The van der Waals surface area contributed by atoms with Gasteiger partial charge in [-0.1, -0.05) is 36.4 Å². The first-order valence-corrected chi connectivity index (χ1v) is 7.29. The Hall–Kier alpha value is -1.61. The predicted molar refractivity (Wildman–Crippen MR) is 80.6 cm³/mol. The van der Waals surface area contributed by atoms with E-state index in [9.17, 15) is 4.79 Å². The molecule has 1 aromatic carbocycles. The van der Waals surface area contributed by atoms with Crippen molar-refractivity contribution in [2.75, 3.05) is 26.2 Å². The lowest BCUT2D eigenvalue weighted by Gasteiger charge is -2.40. The van der Waals surface area contributed by atoms with E-state index in [-0.39, 0.29) is 5.97 Å². The average molecular weight is 273 g/mol. The number of ether oxygens (including phenoxy) is 1. The number of esters is 1. The zero-order chi connectivity index (χ0) is 14.4. The summed E-state index contributed by atoms with van der Waals surface area (Å²) < 4.78 is 5.36. The molecule has 0 bridgehead atoms. The van der Waals surface area contributed by atoms with Crippen molar-refractivity contribution in [3.8, 4) is 0 Å². The highest BCUT2D eigenvalue weighted by atomic mass is 16.5.